The number of aromatic nitrogens is 6. The molecule has 0 aliphatic carbocycles. The summed E-state index contributed by atoms with van der Waals surface area (Å²) < 4.78 is 8.25. The van der Waals surface area contributed by atoms with Crippen LogP contribution in [0.25, 0.3) is 22.2 Å². The average molecular weight is 443 g/mol. The molecule has 4 aromatic rings. The highest BCUT2D eigenvalue weighted by atomic mass is 79.9. The normalized spacial score (nSPS) is 12.8. The molecule has 0 fully saturated rings. The number of imidazole rings is 1. The lowest BCUT2D eigenvalue weighted by Crippen LogP contribution is -2.11. The molecule has 1 unspecified atom stereocenters. The van der Waals surface area contributed by atoms with Crippen LogP contribution in [0.15, 0.2) is 35.2 Å². The van der Waals surface area contributed by atoms with Crippen LogP contribution in [0.2, 0.25) is 0 Å². The number of nitrogens with one attached hydrogen (secondary N) is 1. The summed E-state index contributed by atoms with van der Waals surface area (Å²) in [5.74, 6) is 0.523. The molecule has 0 saturated carbocycles. The van der Waals surface area contributed by atoms with Gasteiger partial charge in [-0.05, 0) is 40.9 Å². The fraction of sp³-hybridized carbons (Fsp3) is 0.316. The van der Waals surface area contributed by atoms with Crippen molar-refractivity contribution in [2.75, 3.05) is 0 Å². The van der Waals surface area contributed by atoms with Crippen LogP contribution in [0, 0.1) is 5.92 Å². The van der Waals surface area contributed by atoms with Crippen molar-refractivity contribution in [1.29, 1.82) is 0 Å². The second-order valence-corrected chi connectivity index (χ2v) is 7.97. The Balaban J connectivity index is 1.53. The van der Waals surface area contributed by atoms with Gasteiger partial charge in [0, 0.05) is 28.8 Å². The second-order valence-electron chi connectivity index (χ2n) is 7.05. The van der Waals surface area contributed by atoms with E-state index in [-0.39, 0.29) is 0 Å². The first-order valence-electron chi connectivity index (χ1n) is 8.94. The Morgan fingerprint density at radius 3 is 2.82 bits per heavy atom. The molecule has 0 amide bonds. The largest absolute Gasteiger partial charge is 0.451 e. The van der Waals surface area contributed by atoms with Crippen LogP contribution in [0.1, 0.15) is 43.1 Å². The summed E-state index contributed by atoms with van der Waals surface area (Å²) in [4.78, 5) is 28.7. The molecule has 0 spiro atoms. The first-order chi connectivity index (χ1) is 13.4. The molecule has 144 valence electrons. The van der Waals surface area contributed by atoms with E-state index < -0.39 is 12.1 Å². The summed E-state index contributed by atoms with van der Waals surface area (Å²) in [6.07, 6.45) is 4.35. The number of carbonyl (C=O) groups excluding carboxylic acids is 1. The maximum absolute atomic E-state index is 12.6. The molecular formula is C19H19BrN6O2. The molecule has 4 rings (SSSR count). The molecule has 4 heterocycles. The third-order valence-electron chi connectivity index (χ3n) is 4.24. The fourth-order valence-corrected chi connectivity index (χ4v) is 3.26. The topological polar surface area (TPSA) is 98.6 Å². The van der Waals surface area contributed by atoms with Gasteiger partial charge in [0.2, 0.25) is 0 Å². The van der Waals surface area contributed by atoms with Crippen LogP contribution >= 0.6 is 15.9 Å². The van der Waals surface area contributed by atoms with Gasteiger partial charge in [-0.25, -0.2) is 24.4 Å². The van der Waals surface area contributed by atoms with Gasteiger partial charge < -0.3 is 9.72 Å². The molecule has 1 N–H and O–H groups in total. The van der Waals surface area contributed by atoms with Gasteiger partial charge in [-0.2, -0.15) is 5.10 Å². The van der Waals surface area contributed by atoms with E-state index in [1.165, 1.54) is 6.20 Å². The van der Waals surface area contributed by atoms with Gasteiger partial charge in [-0.15, -0.1) is 0 Å². The number of H-pyrrole nitrogens is 1. The molecule has 8 nitrogen and oxygen atoms in total. The van der Waals surface area contributed by atoms with Gasteiger partial charge >= 0.3 is 5.97 Å². The van der Waals surface area contributed by atoms with Gasteiger partial charge in [0.05, 0.1) is 17.3 Å². The van der Waals surface area contributed by atoms with Crippen LogP contribution < -0.4 is 0 Å². The van der Waals surface area contributed by atoms with Crippen molar-refractivity contribution in [3.63, 3.8) is 0 Å². The van der Waals surface area contributed by atoms with E-state index in [2.05, 4.69) is 54.8 Å². The number of halogens is 1. The van der Waals surface area contributed by atoms with Gasteiger partial charge in [-0.3, -0.25) is 0 Å². The summed E-state index contributed by atoms with van der Waals surface area (Å²) in [5, 5.41) is 5.16. The van der Waals surface area contributed by atoms with Crippen LogP contribution in [-0.2, 0) is 11.3 Å². The van der Waals surface area contributed by atoms with Crippen LogP contribution in [0.4, 0.5) is 0 Å². The van der Waals surface area contributed by atoms with Gasteiger partial charge in [-0.1, -0.05) is 13.8 Å². The Hall–Kier alpha value is -2.81. The number of aromatic amines is 1. The molecule has 9 heteroatoms. The summed E-state index contributed by atoms with van der Waals surface area (Å²) >= 11 is 3.37. The van der Waals surface area contributed by atoms with Gasteiger partial charge in [0.1, 0.15) is 5.82 Å². The Kier molecular flexibility index (Phi) is 4.84. The molecule has 4 aromatic heterocycles. The van der Waals surface area contributed by atoms with Gasteiger partial charge in [0.15, 0.2) is 17.4 Å². The Labute approximate surface area is 169 Å². The highest BCUT2D eigenvalue weighted by Gasteiger charge is 2.19. The SMILES string of the molecule is CC(C)Cn1ncc2cc(C(=O)OC(C)c3nc4ncc(Br)cc4[nH]3)cnc21. The number of fused-ring (bicyclic) bond motifs is 2. The minimum absolute atomic E-state index is 0.375. The second kappa shape index (κ2) is 7.31. The zero-order valence-corrected chi connectivity index (χ0v) is 17.3. The average Bonchev–Trinajstić information content (AvgIpc) is 3.24. The minimum Gasteiger partial charge on any atom is -0.451 e. The van der Waals surface area contributed by atoms with E-state index >= 15 is 0 Å². The predicted molar refractivity (Wildman–Crippen MR) is 108 cm³/mol. The van der Waals surface area contributed by atoms with Crippen molar-refractivity contribution in [3.05, 3.63) is 46.6 Å². The standard InChI is InChI=1S/C19H19BrN6O2/c1-10(2)9-26-18-12(7-23-26)4-13(6-22-18)19(27)28-11(3)16-24-15-5-14(20)8-21-17(15)25-16/h4-8,10-11H,9H2,1-3H3,(H,21,24,25). The van der Waals surface area contributed by atoms with E-state index in [0.29, 0.717) is 23.0 Å². The number of nitrogens with zero attached hydrogens (tertiary/aromatic N) is 5. The van der Waals surface area contributed by atoms with Crippen LogP contribution in [0.5, 0.6) is 0 Å². The third-order valence-corrected chi connectivity index (χ3v) is 4.67. The lowest BCUT2D eigenvalue weighted by atomic mass is 10.2. The molecular weight excluding hydrogens is 424 g/mol. The number of rotatable bonds is 5. The zero-order valence-electron chi connectivity index (χ0n) is 15.7. The number of pyridine rings is 2. The number of hydrogen-bond acceptors (Lipinski definition) is 6. The van der Waals surface area contributed by atoms with Crippen molar-refractivity contribution in [2.45, 2.75) is 33.4 Å². The zero-order chi connectivity index (χ0) is 19.8. The van der Waals surface area contributed by atoms with Crippen LogP contribution in [-0.4, -0.2) is 35.7 Å². The van der Waals surface area contributed by atoms with E-state index in [9.17, 15) is 4.79 Å². The van der Waals surface area contributed by atoms with Crippen molar-refractivity contribution in [1.82, 2.24) is 29.7 Å². The summed E-state index contributed by atoms with van der Waals surface area (Å²) in [6, 6.07) is 3.62. The van der Waals surface area contributed by atoms with E-state index in [0.717, 1.165) is 27.6 Å². The maximum Gasteiger partial charge on any atom is 0.340 e. The highest BCUT2D eigenvalue weighted by molar-refractivity contribution is 9.10. The number of esters is 1. The maximum atomic E-state index is 12.6. The van der Waals surface area contributed by atoms with E-state index in [1.807, 2.05) is 10.7 Å². The quantitative estimate of drug-likeness (QED) is 0.468. The molecule has 0 bridgehead atoms. The molecule has 1 atom stereocenters. The van der Waals surface area contributed by atoms with Crippen molar-refractivity contribution in [2.24, 2.45) is 5.92 Å². The van der Waals surface area contributed by atoms with Crippen LogP contribution in [0.3, 0.4) is 0 Å². The molecule has 0 radical (unpaired) electrons. The summed E-state index contributed by atoms with van der Waals surface area (Å²) in [5.41, 5.74) is 2.47. The Morgan fingerprint density at radius 1 is 1.21 bits per heavy atom. The van der Waals surface area contributed by atoms with Gasteiger partial charge in [0.25, 0.3) is 0 Å². The molecule has 0 saturated heterocycles. The van der Waals surface area contributed by atoms with E-state index in [4.69, 9.17) is 4.74 Å². The fourth-order valence-electron chi connectivity index (χ4n) is 2.93. The minimum atomic E-state index is -0.556. The summed E-state index contributed by atoms with van der Waals surface area (Å²) in [6.45, 7) is 6.77. The third kappa shape index (κ3) is 3.62. The van der Waals surface area contributed by atoms with E-state index in [1.54, 1.807) is 25.4 Å². The Bertz CT molecular complexity index is 1170. The van der Waals surface area contributed by atoms with Crippen molar-refractivity contribution >= 4 is 44.1 Å². The lowest BCUT2D eigenvalue weighted by Gasteiger charge is -2.11. The van der Waals surface area contributed by atoms with Crippen molar-refractivity contribution < 1.29 is 9.53 Å². The number of hydrogen-bond donors (Lipinski definition) is 1. The number of carbonyl (C=O) groups is 1. The van der Waals surface area contributed by atoms with Crippen molar-refractivity contribution in [3.8, 4) is 0 Å². The first kappa shape index (κ1) is 18.5. The molecule has 28 heavy (non-hydrogen) atoms. The highest BCUT2D eigenvalue weighted by Crippen LogP contribution is 2.22. The monoisotopic (exact) mass is 442 g/mol. The molecule has 0 aliphatic heterocycles. The Morgan fingerprint density at radius 2 is 2.04 bits per heavy atom. The first-order valence-corrected chi connectivity index (χ1v) is 9.73. The molecule has 0 aromatic carbocycles. The lowest BCUT2D eigenvalue weighted by molar-refractivity contribution is 0.0321. The smallest absolute Gasteiger partial charge is 0.340 e. The molecule has 0 aliphatic rings. The predicted octanol–water partition coefficient (Wildman–Crippen LogP) is 4.04. The summed E-state index contributed by atoms with van der Waals surface area (Å²) in [7, 11) is 0. The number of ether oxygens (including phenoxy) is 1.